The van der Waals surface area contributed by atoms with E-state index in [-0.39, 0.29) is 18.4 Å². The van der Waals surface area contributed by atoms with Crippen LogP contribution < -0.4 is 5.73 Å². The lowest BCUT2D eigenvalue weighted by atomic mass is 10.3. The van der Waals surface area contributed by atoms with Crippen LogP contribution in [-0.4, -0.2) is 67.1 Å². The molecule has 0 aliphatic rings. The summed E-state index contributed by atoms with van der Waals surface area (Å²) in [7, 11) is 6.60. The predicted molar refractivity (Wildman–Crippen MR) is 76.3 cm³/mol. The number of nitrogens with zero attached hydrogens (tertiary/aromatic N) is 3. The fourth-order valence-electron chi connectivity index (χ4n) is 1.72. The molecule has 1 rings (SSSR count). The summed E-state index contributed by atoms with van der Waals surface area (Å²) in [6.07, 6.45) is 1.66. The summed E-state index contributed by atoms with van der Waals surface area (Å²) in [6.45, 7) is 0.729. The van der Waals surface area contributed by atoms with Crippen molar-refractivity contribution in [3.05, 3.63) is 18.0 Å². The van der Waals surface area contributed by atoms with Crippen molar-refractivity contribution in [2.45, 2.75) is 0 Å². The molecule has 1 heterocycles. The predicted octanol–water partition coefficient (Wildman–Crippen LogP) is -0.216. The van der Waals surface area contributed by atoms with Gasteiger partial charge in [0.25, 0.3) is 5.91 Å². The number of aryl methyl sites for hydroxylation is 1. The lowest BCUT2D eigenvalue weighted by Crippen LogP contribution is -2.42. The van der Waals surface area contributed by atoms with Crippen LogP contribution in [0.5, 0.6) is 0 Å². The zero-order valence-electron chi connectivity index (χ0n) is 12.4. The van der Waals surface area contributed by atoms with Crippen molar-refractivity contribution in [3.8, 4) is 0 Å². The monoisotopic (exact) mass is 282 g/mol. The lowest BCUT2D eigenvalue weighted by Gasteiger charge is -2.23. The average molecular weight is 282 g/mol. The molecule has 0 bridgehead atoms. The van der Waals surface area contributed by atoms with Gasteiger partial charge in [0.2, 0.25) is 5.91 Å². The number of carbonyl (C=O) groups is 2. The first-order valence-corrected chi connectivity index (χ1v) is 6.27. The summed E-state index contributed by atoms with van der Waals surface area (Å²) in [5, 5.41) is 0. The van der Waals surface area contributed by atoms with E-state index in [0.29, 0.717) is 24.5 Å². The molecule has 20 heavy (non-hydrogen) atoms. The molecule has 0 radical (unpaired) electrons. The number of carbonyl (C=O) groups excluding carboxylic acids is 2. The second kappa shape index (κ2) is 6.95. The maximum Gasteiger partial charge on any atom is 0.271 e. The number of anilines is 1. The average Bonchev–Trinajstić information content (AvgIpc) is 2.72. The highest BCUT2D eigenvalue weighted by atomic mass is 16.5. The van der Waals surface area contributed by atoms with Crippen molar-refractivity contribution in [2.75, 3.05) is 46.6 Å². The van der Waals surface area contributed by atoms with Gasteiger partial charge < -0.3 is 24.8 Å². The Morgan fingerprint density at radius 2 is 2.05 bits per heavy atom. The van der Waals surface area contributed by atoms with E-state index in [9.17, 15) is 9.59 Å². The fourth-order valence-corrected chi connectivity index (χ4v) is 1.72. The van der Waals surface area contributed by atoms with Gasteiger partial charge >= 0.3 is 0 Å². The van der Waals surface area contributed by atoms with Crippen LogP contribution in [0.3, 0.4) is 0 Å². The molecule has 0 saturated carbocycles. The van der Waals surface area contributed by atoms with Gasteiger partial charge in [0.05, 0.1) is 12.3 Å². The van der Waals surface area contributed by atoms with Gasteiger partial charge in [-0.1, -0.05) is 0 Å². The van der Waals surface area contributed by atoms with Crippen LogP contribution in [0.4, 0.5) is 5.69 Å². The minimum atomic E-state index is -0.239. The number of hydrogen-bond acceptors (Lipinski definition) is 4. The summed E-state index contributed by atoms with van der Waals surface area (Å²) in [5.41, 5.74) is 6.64. The molecule has 0 aliphatic heterocycles. The van der Waals surface area contributed by atoms with Gasteiger partial charge in [-0.3, -0.25) is 9.59 Å². The van der Waals surface area contributed by atoms with Gasteiger partial charge in [-0.15, -0.1) is 0 Å². The number of aromatic nitrogens is 1. The van der Waals surface area contributed by atoms with Crippen molar-refractivity contribution in [1.29, 1.82) is 0 Å². The van der Waals surface area contributed by atoms with E-state index < -0.39 is 0 Å². The molecule has 0 unspecified atom stereocenters. The Kier molecular flexibility index (Phi) is 5.57. The molecule has 2 amide bonds. The minimum absolute atomic E-state index is 0.0142. The van der Waals surface area contributed by atoms with E-state index in [4.69, 9.17) is 10.5 Å². The second-order valence-electron chi connectivity index (χ2n) is 4.78. The Morgan fingerprint density at radius 1 is 1.40 bits per heavy atom. The van der Waals surface area contributed by atoms with E-state index in [1.807, 2.05) is 0 Å². The van der Waals surface area contributed by atoms with Crippen LogP contribution in [0.25, 0.3) is 0 Å². The molecule has 0 aromatic carbocycles. The maximum atomic E-state index is 12.5. The second-order valence-corrected chi connectivity index (χ2v) is 4.78. The maximum absolute atomic E-state index is 12.5. The normalized spacial score (nSPS) is 10.4. The number of ether oxygens (including phenoxy) is 1. The van der Waals surface area contributed by atoms with E-state index >= 15 is 0 Å². The molecule has 0 atom stereocenters. The minimum Gasteiger partial charge on any atom is -0.397 e. The molecule has 112 valence electrons. The van der Waals surface area contributed by atoms with Gasteiger partial charge in [0.15, 0.2) is 0 Å². The Hall–Kier alpha value is -2.02. The zero-order valence-corrected chi connectivity index (χ0v) is 12.4. The quantitative estimate of drug-likeness (QED) is 0.782. The smallest absolute Gasteiger partial charge is 0.271 e. The van der Waals surface area contributed by atoms with Crippen LogP contribution in [0.2, 0.25) is 0 Å². The van der Waals surface area contributed by atoms with E-state index in [1.54, 1.807) is 45.1 Å². The molecule has 0 fully saturated rings. The largest absolute Gasteiger partial charge is 0.397 e. The molecule has 2 N–H and O–H groups in total. The number of amides is 2. The van der Waals surface area contributed by atoms with Gasteiger partial charge in [-0.05, 0) is 6.07 Å². The highest BCUT2D eigenvalue weighted by Crippen LogP contribution is 2.11. The van der Waals surface area contributed by atoms with Crippen molar-refractivity contribution >= 4 is 17.5 Å². The SMILES string of the molecule is COCCN(CC(=O)N(C)C)C(=O)c1cc(N)cn1C. The van der Waals surface area contributed by atoms with Gasteiger partial charge in [-0.2, -0.15) is 0 Å². The first-order valence-electron chi connectivity index (χ1n) is 6.27. The molecule has 0 aliphatic carbocycles. The summed E-state index contributed by atoms with van der Waals surface area (Å²) in [6, 6.07) is 1.60. The number of likely N-dealkylation sites (N-methyl/N-ethyl adjacent to an activating group) is 1. The van der Waals surface area contributed by atoms with Crippen LogP contribution in [0.15, 0.2) is 12.3 Å². The van der Waals surface area contributed by atoms with E-state index in [0.717, 1.165) is 0 Å². The highest BCUT2D eigenvalue weighted by Gasteiger charge is 2.21. The molecular formula is C13H22N4O3. The van der Waals surface area contributed by atoms with Gasteiger partial charge in [0, 0.05) is 41.0 Å². The first kappa shape index (κ1) is 16.0. The summed E-state index contributed by atoms with van der Waals surface area (Å²) < 4.78 is 6.64. The third-order valence-corrected chi connectivity index (χ3v) is 2.92. The van der Waals surface area contributed by atoms with Crippen molar-refractivity contribution in [1.82, 2.24) is 14.4 Å². The molecule has 0 saturated heterocycles. The van der Waals surface area contributed by atoms with E-state index in [1.165, 1.54) is 9.80 Å². The standard InChI is InChI=1S/C13H22N4O3/c1-15(2)12(18)9-17(5-6-20-4)13(19)11-7-10(14)8-16(11)3/h7-8H,5-6,9,14H2,1-4H3. The van der Waals surface area contributed by atoms with E-state index in [2.05, 4.69) is 0 Å². The number of hydrogen-bond donors (Lipinski definition) is 1. The molecular weight excluding hydrogens is 260 g/mol. The van der Waals surface area contributed by atoms with Crippen molar-refractivity contribution < 1.29 is 14.3 Å². The summed E-state index contributed by atoms with van der Waals surface area (Å²) >= 11 is 0. The van der Waals surface area contributed by atoms with Gasteiger partial charge in [-0.25, -0.2) is 0 Å². The van der Waals surface area contributed by atoms with Crippen molar-refractivity contribution in [2.24, 2.45) is 7.05 Å². The summed E-state index contributed by atoms with van der Waals surface area (Å²) in [4.78, 5) is 27.2. The third-order valence-electron chi connectivity index (χ3n) is 2.92. The first-order chi connectivity index (χ1) is 9.36. The number of nitrogen functional groups attached to an aromatic ring is 1. The van der Waals surface area contributed by atoms with Crippen LogP contribution in [0.1, 0.15) is 10.5 Å². The topological polar surface area (TPSA) is 80.8 Å². The Balaban J connectivity index is 2.89. The Bertz CT molecular complexity index is 482. The van der Waals surface area contributed by atoms with Crippen LogP contribution in [-0.2, 0) is 16.6 Å². The zero-order chi connectivity index (χ0) is 15.3. The number of rotatable bonds is 6. The Morgan fingerprint density at radius 3 is 2.50 bits per heavy atom. The molecule has 0 spiro atoms. The van der Waals surface area contributed by atoms with Gasteiger partial charge in [0.1, 0.15) is 12.2 Å². The number of nitrogens with two attached hydrogens (primary N) is 1. The molecule has 7 heteroatoms. The van der Waals surface area contributed by atoms with Crippen molar-refractivity contribution in [3.63, 3.8) is 0 Å². The highest BCUT2D eigenvalue weighted by molar-refractivity contribution is 5.96. The fraction of sp³-hybridized carbons (Fsp3) is 0.538. The lowest BCUT2D eigenvalue weighted by molar-refractivity contribution is -0.129. The van der Waals surface area contributed by atoms with Crippen LogP contribution in [0, 0.1) is 0 Å². The van der Waals surface area contributed by atoms with Crippen LogP contribution >= 0.6 is 0 Å². The third kappa shape index (κ3) is 3.99. The number of methoxy groups -OCH3 is 1. The Labute approximate surface area is 118 Å². The molecule has 1 aromatic rings. The molecule has 7 nitrogen and oxygen atoms in total. The molecule has 1 aromatic heterocycles. The summed E-state index contributed by atoms with van der Waals surface area (Å²) in [5.74, 6) is -0.381.